The first-order valence-corrected chi connectivity index (χ1v) is 8.45. The van der Waals surface area contributed by atoms with E-state index in [0.717, 1.165) is 44.3 Å². The second-order valence-corrected chi connectivity index (χ2v) is 6.41. The number of hydrogen-bond donors (Lipinski definition) is 3. The SMILES string of the molecule is COc1ccc(CC[C@@H](C)NC(=O)NC2CCC(O)CC2)cc1. The minimum Gasteiger partial charge on any atom is -0.497 e. The number of ether oxygens (including phenoxy) is 1. The Hall–Kier alpha value is -1.75. The van der Waals surface area contributed by atoms with E-state index in [1.807, 2.05) is 19.1 Å². The Bertz CT molecular complexity index is 482. The fourth-order valence-corrected chi connectivity index (χ4v) is 2.92. The number of aliphatic hydroxyl groups is 1. The van der Waals surface area contributed by atoms with Crippen molar-refractivity contribution in [1.82, 2.24) is 10.6 Å². The summed E-state index contributed by atoms with van der Waals surface area (Å²) in [6.07, 6.45) is 4.88. The molecule has 0 aromatic heterocycles. The van der Waals surface area contributed by atoms with Crippen molar-refractivity contribution in [2.75, 3.05) is 7.11 Å². The predicted molar refractivity (Wildman–Crippen MR) is 90.7 cm³/mol. The van der Waals surface area contributed by atoms with Gasteiger partial charge in [0.25, 0.3) is 0 Å². The monoisotopic (exact) mass is 320 g/mol. The first-order valence-electron chi connectivity index (χ1n) is 8.45. The molecule has 1 fully saturated rings. The van der Waals surface area contributed by atoms with Gasteiger partial charge < -0.3 is 20.5 Å². The maximum atomic E-state index is 12.0. The molecule has 1 saturated carbocycles. The van der Waals surface area contributed by atoms with Crippen molar-refractivity contribution in [2.45, 2.75) is 63.6 Å². The molecule has 0 spiro atoms. The summed E-state index contributed by atoms with van der Waals surface area (Å²) in [5.41, 5.74) is 1.24. The first-order chi connectivity index (χ1) is 11.1. The van der Waals surface area contributed by atoms with Gasteiger partial charge in [0.15, 0.2) is 0 Å². The Morgan fingerprint density at radius 3 is 2.52 bits per heavy atom. The number of aliphatic hydroxyl groups excluding tert-OH is 1. The van der Waals surface area contributed by atoms with Crippen LogP contribution in [-0.4, -0.2) is 36.4 Å². The molecule has 0 bridgehead atoms. The van der Waals surface area contributed by atoms with Crippen molar-refractivity contribution < 1.29 is 14.6 Å². The number of hydrogen-bond acceptors (Lipinski definition) is 3. The Labute approximate surface area is 138 Å². The number of carbonyl (C=O) groups excluding carboxylic acids is 1. The van der Waals surface area contributed by atoms with E-state index in [1.165, 1.54) is 5.56 Å². The lowest BCUT2D eigenvalue weighted by molar-refractivity contribution is 0.117. The van der Waals surface area contributed by atoms with Crippen molar-refractivity contribution in [1.29, 1.82) is 0 Å². The van der Waals surface area contributed by atoms with E-state index in [4.69, 9.17) is 4.74 Å². The summed E-state index contributed by atoms with van der Waals surface area (Å²) in [5, 5.41) is 15.5. The number of carbonyl (C=O) groups is 1. The largest absolute Gasteiger partial charge is 0.497 e. The molecule has 128 valence electrons. The van der Waals surface area contributed by atoms with Crippen molar-refractivity contribution in [3.05, 3.63) is 29.8 Å². The molecule has 0 saturated heterocycles. The second-order valence-electron chi connectivity index (χ2n) is 6.41. The maximum Gasteiger partial charge on any atom is 0.315 e. The van der Waals surface area contributed by atoms with Crippen molar-refractivity contribution >= 4 is 6.03 Å². The lowest BCUT2D eigenvalue weighted by Crippen LogP contribution is -2.46. The first kappa shape index (κ1) is 17.6. The summed E-state index contributed by atoms with van der Waals surface area (Å²) in [7, 11) is 1.66. The van der Waals surface area contributed by atoms with E-state index in [-0.39, 0.29) is 24.2 Å². The lowest BCUT2D eigenvalue weighted by Gasteiger charge is -2.27. The van der Waals surface area contributed by atoms with Crippen LogP contribution in [0.4, 0.5) is 4.79 Å². The van der Waals surface area contributed by atoms with Gasteiger partial charge in [0, 0.05) is 12.1 Å². The third-order valence-corrected chi connectivity index (χ3v) is 4.43. The van der Waals surface area contributed by atoms with Crippen LogP contribution >= 0.6 is 0 Å². The maximum absolute atomic E-state index is 12.0. The smallest absolute Gasteiger partial charge is 0.315 e. The fraction of sp³-hybridized carbons (Fsp3) is 0.611. The normalized spacial score (nSPS) is 22.2. The molecule has 1 aliphatic carbocycles. The summed E-state index contributed by atoms with van der Waals surface area (Å²) in [6, 6.07) is 8.22. The van der Waals surface area contributed by atoms with Crippen LogP contribution in [0.1, 0.15) is 44.6 Å². The molecule has 3 N–H and O–H groups in total. The molecule has 5 nitrogen and oxygen atoms in total. The van der Waals surface area contributed by atoms with Crippen LogP contribution in [0.3, 0.4) is 0 Å². The highest BCUT2D eigenvalue weighted by atomic mass is 16.5. The molecule has 1 atom stereocenters. The van der Waals surface area contributed by atoms with Gasteiger partial charge in [-0.15, -0.1) is 0 Å². The third kappa shape index (κ3) is 6.10. The average molecular weight is 320 g/mol. The number of amides is 2. The molecular weight excluding hydrogens is 292 g/mol. The Balaban J connectivity index is 1.67. The fourth-order valence-electron chi connectivity index (χ4n) is 2.92. The Morgan fingerprint density at radius 1 is 1.26 bits per heavy atom. The number of urea groups is 1. The van der Waals surface area contributed by atoms with Crippen LogP contribution < -0.4 is 15.4 Å². The quantitative estimate of drug-likeness (QED) is 0.754. The zero-order valence-electron chi connectivity index (χ0n) is 14.0. The Kier molecular flexibility index (Phi) is 6.71. The molecule has 1 aromatic rings. The van der Waals surface area contributed by atoms with Gasteiger partial charge in [-0.2, -0.15) is 0 Å². The van der Waals surface area contributed by atoms with Gasteiger partial charge in [-0.3, -0.25) is 0 Å². The molecule has 2 rings (SSSR count). The number of methoxy groups -OCH3 is 1. The molecule has 0 heterocycles. The van der Waals surface area contributed by atoms with Crippen molar-refractivity contribution in [3.8, 4) is 5.75 Å². The zero-order valence-corrected chi connectivity index (χ0v) is 14.0. The standard InChI is InChI=1S/C18H28N2O3/c1-13(3-4-14-5-11-17(23-2)12-6-14)19-18(22)20-15-7-9-16(21)10-8-15/h5-6,11-13,15-16,21H,3-4,7-10H2,1-2H3,(H2,19,20,22)/t13-,15?,16?/m1/s1. The molecule has 2 amide bonds. The summed E-state index contributed by atoms with van der Waals surface area (Å²) < 4.78 is 5.15. The number of benzene rings is 1. The van der Waals surface area contributed by atoms with E-state index in [0.29, 0.717) is 0 Å². The number of rotatable bonds is 6. The predicted octanol–water partition coefficient (Wildman–Crippen LogP) is 2.62. The molecule has 23 heavy (non-hydrogen) atoms. The number of nitrogens with one attached hydrogen (secondary N) is 2. The van der Waals surface area contributed by atoms with E-state index >= 15 is 0 Å². The summed E-state index contributed by atoms with van der Waals surface area (Å²) in [5.74, 6) is 0.858. The van der Waals surface area contributed by atoms with E-state index in [1.54, 1.807) is 7.11 Å². The van der Waals surface area contributed by atoms with Crippen LogP contribution in [0.2, 0.25) is 0 Å². The van der Waals surface area contributed by atoms with Crippen molar-refractivity contribution in [2.24, 2.45) is 0 Å². The Morgan fingerprint density at radius 2 is 1.91 bits per heavy atom. The molecule has 1 aromatic carbocycles. The van der Waals surface area contributed by atoms with Gasteiger partial charge in [-0.05, 0) is 63.1 Å². The van der Waals surface area contributed by atoms with Gasteiger partial charge >= 0.3 is 6.03 Å². The lowest BCUT2D eigenvalue weighted by atomic mass is 9.93. The summed E-state index contributed by atoms with van der Waals surface area (Å²) in [6.45, 7) is 2.02. The highest BCUT2D eigenvalue weighted by Crippen LogP contribution is 2.18. The van der Waals surface area contributed by atoms with Crippen LogP contribution in [0, 0.1) is 0 Å². The molecule has 1 aliphatic rings. The van der Waals surface area contributed by atoms with Gasteiger partial charge in [-0.25, -0.2) is 4.79 Å². The second kappa shape index (κ2) is 8.77. The minimum atomic E-state index is -0.195. The molecular formula is C18H28N2O3. The van der Waals surface area contributed by atoms with Crippen LogP contribution in [0.15, 0.2) is 24.3 Å². The average Bonchev–Trinajstić information content (AvgIpc) is 2.55. The summed E-state index contributed by atoms with van der Waals surface area (Å²) in [4.78, 5) is 12.0. The van der Waals surface area contributed by atoms with Crippen LogP contribution in [0.25, 0.3) is 0 Å². The minimum absolute atomic E-state index is 0.103. The van der Waals surface area contributed by atoms with E-state index < -0.39 is 0 Å². The zero-order chi connectivity index (χ0) is 16.7. The summed E-state index contributed by atoms with van der Waals surface area (Å²) >= 11 is 0. The van der Waals surface area contributed by atoms with Gasteiger partial charge in [0.1, 0.15) is 5.75 Å². The molecule has 0 aliphatic heterocycles. The highest BCUT2D eigenvalue weighted by molar-refractivity contribution is 5.74. The van der Waals surface area contributed by atoms with E-state index in [2.05, 4.69) is 22.8 Å². The molecule has 5 heteroatoms. The highest BCUT2D eigenvalue weighted by Gasteiger charge is 2.21. The molecule has 0 unspecified atom stereocenters. The van der Waals surface area contributed by atoms with Gasteiger partial charge in [0.05, 0.1) is 13.2 Å². The van der Waals surface area contributed by atoms with Gasteiger partial charge in [-0.1, -0.05) is 12.1 Å². The van der Waals surface area contributed by atoms with E-state index in [9.17, 15) is 9.90 Å². The molecule has 0 radical (unpaired) electrons. The van der Waals surface area contributed by atoms with Crippen molar-refractivity contribution in [3.63, 3.8) is 0 Å². The third-order valence-electron chi connectivity index (χ3n) is 4.43. The number of aryl methyl sites for hydroxylation is 1. The van der Waals surface area contributed by atoms with Crippen LogP contribution in [0.5, 0.6) is 5.75 Å². The van der Waals surface area contributed by atoms with Crippen LogP contribution in [-0.2, 0) is 6.42 Å². The van der Waals surface area contributed by atoms with Gasteiger partial charge in [0.2, 0.25) is 0 Å². The topological polar surface area (TPSA) is 70.6 Å².